The third kappa shape index (κ3) is 4.10. The van der Waals surface area contributed by atoms with Gasteiger partial charge in [-0.15, -0.1) is 0 Å². The lowest BCUT2D eigenvalue weighted by molar-refractivity contribution is 0.172. The van der Waals surface area contributed by atoms with Crippen LogP contribution in [0.1, 0.15) is 73.8 Å². The summed E-state index contributed by atoms with van der Waals surface area (Å²) in [5.41, 5.74) is 5.47. The van der Waals surface area contributed by atoms with Crippen LogP contribution >= 0.6 is 0 Å². The SMILES string of the molecule is CCC(C)(c1ccc(O)cc1)C1CCC(c2ccc(O)c(C)c2)(c2ccc(O)c(C)c2)CC1. The summed E-state index contributed by atoms with van der Waals surface area (Å²) in [5.74, 6) is 1.51. The number of phenolic OH excluding ortho intramolecular Hbond substituents is 3. The molecule has 1 atom stereocenters. The number of phenols is 3. The van der Waals surface area contributed by atoms with Crippen molar-refractivity contribution in [3.8, 4) is 17.2 Å². The molecule has 0 aromatic heterocycles. The first kappa shape index (κ1) is 23.2. The van der Waals surface area contributed by atoms with Crippen molar-refractivity contribution in [2.75, 3.05) is 0 Å². The lowest BCUT2D eigenvalue weighted by Crippen LogP contribution is -2.40. The third-order valence-electron chi connectivity index (χ3n) is 8.50. The van der Waals surface area contributed by atoms with Gasteiger partial charge in [-0.05, 0) is 109 Å². The van der Waals surface area contributed by atoms with E-state index in [-0.39, 0.29) is 10.8 Å². The molecule has 3 aromatic rings. The number of rotatable bonds is 5. The number of hydrogen-bond donors (Lipinski definition) is 3. The second kappa shape index (κ2) is 8.78. The van der Waals surface area contributed by atoms with Crippen LogP contribution in [0.3, 0.4) is 0 Å². The predicted octanol–water partition coefficient (Wildman–Crippen LogP) is 7.26. The zero-order valence-corrected chi connectivity index (χ0v) is 20.2. The summed E-state index contributed by atoms with van der Waals surface area (Å²) in [4.78, 5) is 0. The van der Waals surface area contributed by atoms with E-state index in [0.29, 0.717) is 23.2 Å². The van der Waals surface area contributed by atoms with Crippen LogP contribution < -0.4 is 0 Å². The smallest absolute Gasteiger partial charge is 0.118 e. The molecule has 3 aromatic carbocycles. The maximum atomic E-state index is 10.2. The Bertz CT molecular complexity index is 1070. The van der Waals surface area contributed by atoms with E-state index in [1.165, 1.54) is 16.7 Å². The van der Waals surface area contributed by atoms with Crippen molar-refractivity contribution < 1.29 is 15.3 Å². The maximum absolute atomic E-state index is 10.2. The van der Waals surface area contributed by atoms with Crippen molar-refractivity contribution in [1.29, 1.82) is 0 Å². The van der Waals surface area contributed by atoms with E-state index < -0.39 is 0 Å². The quantitative estimate of drug-likeness (QED) is 0.388. The van der Waals surface area contributed by atoms with Crippen molar-refractivity contribution >= 4 is 0 Å². The van der Waals surface area contributed by atoms with Crippen molar-refractivity contribution in [3.63, 3.8) is 0 Å². The zero-order valence-electron chi connectivity index (χ0n) is 20.2. The van der Waals surface area contributed by atoms with Gasteiger partial charge in [-0.25, -0.2) is 0 Å². The molecule has 1 fully saturated rings. The van der Waals surface area contributed by atoms with Gasteiger partial charge < -0.3 is 15.3 Å². The Hall–Kier alpha value is -2.94. The summed E-state index contributed by atoms with van der Waals surface area (Å²) in [5, 5.41) is 30.1. The lowest BCUT2D eigenvalue weighted by Gasteiger charge is -2.47. The highest BCUT2D eigenvalue weighted by atomic mass is 16.3. The number of hydrogen-bond acceptors (Lipinski definition) is 3. The Balaban J connectivity index is 1.72. The van der Waals surface area contributed by atoms with E-state index in [9.17, 15) is 15.3 Å². The summed E-state index contributed by atoms with van der Waals surface area (Å²) in [7, 11) is 0. The first-order chi connectivity index (χ1) is 15.7. The molecule has 0 spiro atoms. The monoisotopic (exact) mass is 444 g/mol. The maximum Gasteiger partial charge on any atom is 0.118 e. The molecule has 3 heteroatoms. The van der Waals surface area contributed by atoms with Gasteiger partial charge in [-0.2, -0.15) is 0 Å². The minimum Gasteiger partial charge on any atom is -0.508 e. The number of benzene rings is 3. The molecule has 3 nitrogen and oxygen atoms in total. The fraction of sp³-hybridized carbons (Fsp3) is 0.400. The van der Waals surface area contributed by atoms with E-state index in [2.05, 4.69) is 50.2 Å². The summed E-state index contributed by atoms with van der Waals surface area (Å²) in [6, 6.07) is 19.8. The van der Waals surface area contributed by atoms with E-state index >= 15 is 0 Å². The summed E-state index contributed by atoms with van der Waals surface area (Å²) >= 11 is 0. The van der Waals surface area contributed by atoms with Gasteiger partial charge in [0.25, 0.3) is 0 Å². The van der Waals surface area contributed by atoms with Crippen molar-refractivity contribution in [3.05, 3.63) is 88.5 Å². The Morgan fingerprint density at radius 1 is 0.788 bits per heavy atom. The Kier molecular flexibility index (Phi) is 6.18. The van der Waals surface area contributed by atoms with Gasteiger partial charge in [-0.3, -0.25) is 0 Å². The molecule has 0 amide bonds. The molecule has 4 rings (SSSR count). The van der Waals surface area contributed by atoms with Crippen LogP contribution in [-0.2, 0) is 10.8 Å². The predicted molar refractivity (Wildman–Crippen MR) is 134 cm³/mol. The summed E-state index contributed by atoms with van der Waals surface area (Å²) in [6.45, 7) is 8.55. The van der Waals surface area contributed by atoms with Gasteiger partial charge in [-0.1, -0.05) is 50.2 Å². The van der Waals surface area contributed by atoms with Gasteiger partial charge in [0.2, 0.25) is 0 Å². The second-order valence-electron chi connectivity index (χ2n) is 10.2. The Morgan fingerprint density at radius 3 is 1.70 bits per heavy atom. The molecule has 0 bridgehead atoms. The molecule has 0 aliphatic heterocycles. The number of aryl methyl sites for hydroxylation is 2. The van der Waals surface area contributed by atoms with Crippen molar-refractivity contribution in [1.82, 2.24) is 0 Å². The van der Waals surface area contributed by atoms with Crippen LogP contribution in [0.4, 0.5) is 0 Å². The molecule has 0 saturated heterocycles. The van der Waals surface area contributed by atoms with Crippen LogP contribution in [0.5, 0.6) is 17.2 Å². The normalized spacial score (nSPS) is 18.1. The Morgan fingerprint density at radius 2 is 1.27 bits per heavy atom. The molecule has 1 aliphatic carbocycles. The summed E-state index contributed by atoms with van der Waals surface area (Å²) < 4.78 is 0. The molecule has 0 radical (unpaired) electrons. The van der Waals surface area contributed by atoms with E-state index in [0.717, 1.165) is 43.2 Å². The van der Waals surface area contributed by atoms with Crippen LogP contribution in [0.25, 0.3) is 0 Å². The fourth-order valence-electron chi connectivity index (χ4n) is 5.97. The fourth-order valence-corrected chi connectivity index (χ4v) is 5.97. The lowest BCUT2D eigenvalue weighted by atomic mass is 9.57. The van der Waals surface area contributed by atoms with Crippen LogP contribution in [0, 0.1) is 19.8 Å². The molecule has 1 unspecified atom stereocenters. The molecular weight excluding hydrogens is 408 g/mol. The van der Waals surface area contributed by atoms with Gasteiger partial charge in [0.05, 0.1) is 0 Å². The average molecular weight is 445 g/mol. The highest BCUT2D eigenvalue weighted by Gasteiger charge is 2.44. The molecule has 1 saturated carbocycles. The molecular formula is C30H36O3. The van der Waals surface area contributed by atoms with Crippen LogP contribution in [0.2, 0.25) is 0 Å². The molecule has 33 heavy (non-hydrogen) atoms. The van der Waals surface area contributed by atoms with Crippen molar-refractivity contribution in [2.45, 2.75) is 70.6 Å². The molecule has 3 N–H and O–H groups in total. The second-order valence-corrected chi connectivity index (χ2v) is 10.2. The third-order valence-corrected chi connectivity index (χ3v) is 8.50. The van der Waals surface area contributed by atoms with Gasteiger partial charge in [0.1, 0.15) is 17.2 Å². The highest BCUT2D eigenvalue weighted by molar-refractivity contribution is 5.48. The number of aromatic hydroxyl groups is 3. The standard InChI is InChI=1S/C30H36O3/c1-5-29(4,22-6-10-26(31)11-7-22)23-14-16-30(17-15-23,24-8-12-27(32)20(2)18-24)25-9-13-28(33)21(3)19-25/h6-13,18-19,23,31-33H,5,14-17H2,1-4H3. The van der Waals surface area contributed by atoms with Gasteiger partial charge in [0.15, 0.2) is 0 Å². The van der Waals surface area contributed by atoms with Gasteiger partial charge >= 0.3 is 0 Å². The molecule has 0 heterocycles. The minimum atomic E-state index is -0.142. The summed E-state index contributed by atoms with van der Waals surface area (Å²) in [6.07, 6.45) is 5.25. The molecule has 1 aliphatic rings. The Labute approximate surface area is 197 Å². The average Bonchev–Trinajstić information content (AvgIpc) is 2.82. The first-order valence-corrected chi connectivity index (χ1v) is 12.1. The topological polar surface area (TPSA) is 60.7 Å². The zero-order chi connectivity index (χ0) is 23.8. The van der Waals surface area contributed by atoms with Gasteiger partial charge in [0, 0.05) is 5.41 Å². The van der Waals surface area contributed by atoms with E-state index in [4.69, 9.17) is 0 Å². The first-order valence-electron chi connectivity index (χ1n) is 12.1. The molecule has 174 valence electrons. The minimum absolute atomic E-state index is 0.0512. The largest absolute Gasteiger partial charge is 0.508 e. The van der Waals surface area contributed by atoms with E-state index in [1.807, 2.05) is 26.0 Å². The van der Waals surface area contributed by atoms with Crippen LogP contribution in [-0.4, -0.2) is 15.3 Å². The highest BCUT2D eigenvalue weighted by Crippen LogP contribution is 2.52. The van der Waals surface area contributed by atoms with Crippen LogP contribution in [0.15, 0.2) is 60.7 Å². The van der Waals surface area contributed by atoms with E-state index in [1.54, 1.807) is 12.1 Å². The van der Waals surface area contributed by atoms with Crippen molar-refractivity contribution in [2.24, 2.45) is 5.92 Å².